The topological polar surface area (TPSA) is 32.8 Å². The van der Waals surface area contributed by atoms with E-state index in [2.05, 4.69) is 4.90 Å². The second-order valence-electron chi connectivity index (χ2n) is 3.71. The molecule has 0 aromatic rings. The van der Waals surface area contributed by atoms with Gasteiger partial charge in [-0.3, -0.25) is 9.69 Å². The Balaban J connectivity index is 1.96. The van der Waals surface area contributed by atoms with Crippen LogP contribution in [0.4, 0.5) is 0 Å². The van der Waals surface area contributed by atoms with Crippen molar-refractivity contribution in [3.63, 3.8) is 0 Å². The molecular weight excluding hydrogens is 168 g/mol. The van der Waals surface area contributed by atoms with Gasteiger partial charge in [-0.15, -0.1) is 0 Å². The summed E-state index contributed by atoms with van der Waals surface area (Å²) in [6.07, 6.45) is 0.981. The lowest BCUT2D eigenvalue weighted by Gasteiger charge is -2.30. The summed E-state index contributed by atoms with van der Waals surface area (Å²) in [4.78, 5) is 15.7. The van der Waals surface area contributed by atoms with Gasteiger partial charge in [0.25, 0.3) is 0 Å². The Morgan fingerprint density at radius 1 is 1.31 bits per heavy atom. The van der Waals surface area contributed by atoms with Gasteiger partial charge in [0.15, 0.2) is 0 Å². The molecule has 0 unspecified atom stereocenters. The number of likely N-dealkylation sites (tertiary alicyclic amines) is 1. The van der Waals surface area contributed by atoms with Crippen LogP contribution < -0.4 is 0 Å². The lowest BCUT2D eigenvalue weighted by Crippen LogP contribution is -2.46. The first-order chi connectivity index (χ1) is 6.29. The van der Waals surface area contributed by atoms with Gasteiger partial charge in [0.1, 0.15) is 0 Å². The quantitative estimate of drug-likeness (QED) is 0.553. The molecule has 2 heterocycles. The van der Waals surface area contributed by atoms with Crippen LogP contribution in [0.2, 0.25) is 0 Å². The molecule has 0 saturated carbocycles. The van der Waals surface area contributed by atoms with E-state index < -0.39 is 0 Å². The summed E-state index contributed by atoms with van der Waals surface area (Å²) >= 11 is 0. The van der Waals surface area contributed by atoms with E-state index in [0.29, 0.717) is 0 Å². The molecule has 2 aliphatic rings. The molecule has 0 spiro atoms. The molecule has 4 heteroatoms. The van der Waals surface area contributed by atoms with Crippen LogP contribution in [-0.2, 0) is 9.53 Å². The molecule has 0 N–H and O–H groups in total. The van der Waals surface area contributed by atoms with E-state index in [1.54, 1.807) is 0 Å². The summed E-state index contributed by atoms with van der Waals surface area (Å²) in [5, 5.41) is 0. The number of morpholine rings is 1. The summed E-state index contributed by atoms with van der Waals surface area (Å²) in [6, 6.07) is 0.133. The Hall–Kier alpha value is -0.610. The number of hydrogen-bond donors (Lipinski definition) is 0. The Morgan fingerprint density at radius 3 is 2.54 bits per heavy atom. The predicted octanol–water partition coefficient (Wildman–Crippen LogP) is -0.451. The fourth-order valence-electron chi connectivity index (χ4n) is 2.03. The van der Waals surface area contributed by atoms with Gasteiger partial charge < -0.3 is 9.64 Å². The minimum Gasteiger partial charge on any atom is -0.379 e. The third-order valence-corrected chi connectivity index (χ3v) is 2.89. The molecule has 1 atom stereocenters. The molecule has 1 amide bonds. The van der Waals surface area contributed by atoms with E-state index in [0.717, 1.165) is 39.3 Å². The summed E-state index contributed by atoms with van der Waals surface area (Å²) in [5.41, 5.74) is 0. The fourth-order valence-corrected chi connectivity index (χ4v) is 2.03. The number of ether oxygens (including phenoxy) is 1. The Kier molecular flexibility index (Phi) is 2.51. The molecule has 13 heavy (non-hydrogen) atoms. The zero-order chi connectivity index (χ0) is 9.26. The van der Waals surface area contributed by atoms with Crippen molar-refractivity contribution in [1.82, 2.24) is 9.80 Å². The molecule has 0 bridgehead atoms. The zero-order valence-corrected chi connectivity index (χ0v) is 8.03. The normalized spacial score (nSPS) is 31.3. The van der Waals surface area contributed by atoms with Gasteiger partial charge in [-0.05, 0) is 6.42 Å². The number of carbonyl (C=O) groups excluding carboxylic acids is 1. The van der Waals surface area contributed by atoms with E-state index >= 15 is 0 Å². The van der Waals surface area contributed by atoms with Crippen molar-refractivity contribution in [2.75, 3.05) is 39.9 Å². The minimum absolute atomic E-state index is 0.133. The highest BCUT2D eigenvalue weighted by molar-refractivity contribution is 5.83. The minimum atomic E-state index is 0.133. The van der Waals surface area contributed by atoms with Gasteiger partial charge in [-0.2, -0.15) is 0 Å². The van der Waals surface area contributed by atoms with Crippen LogP contribution in [0.25, 0.3) is 0 Å². The van der Waals surface area contributed by atoms with Crippen LogP contribution in [0.3, 0.4) is 0 Å². The van der Waals surface area contributed by atoms with E-state index in [-0.39, 0.29) is 11.9 Å². The standard InChI is InChI=1S/C9H16N2O2/c1-10-3-2-8(9(10)12)11-4-6-13-7-5-11/h8H,2-7H2,1H3/t8-/m0/s1. The molecule has 2 fully saturated rings. The third-order valence-electron chi connectivity index (χ3n) is 2.89. The van der Waals surface area contributed by atoms with E-state index in [1.807, 2.05) is 11.9 Å². The van der Waals surface area contributed by atoms with E-state index in [4.69, 9.17) is 4.74 Å². The van der Waals surface area contributed by atoms with Crippen LogP contribution in [0.1, 0.15) is 6.42 Å². The lowest BCUT2D eigenvalue weighted by atomic mass is 10.2. The first-order valence-corrected chi connectivity index (χ1v) is 4.86. The zero-order valence-electron chi connectivity index (χ0n) is 8.03. The Labute approximate surface area is 78.4 Å². The molecule has 2 rings (SSSR count). The van der Waals surface area contributed by atoms with Gasteiger partial charge in [0.05, 0.1) is 19.3 Å². The highest BCUT2D eigenvalue weighted by Crippen LogP contribution is 2.16. The summed E-state index contributed by atoms with van der Waals surface area (Å²) in [5.74, 6) is 0.280. The molecule has 0 radical (unpaired) electrons. The number of rotatable bonds is 1. The summed E-state index contributed by atoms with van der Waals surface area (Å²) in [7, 11) is 1.88. The first-order valence-electron chi connectivity index (χ1n) is 4.86. The van der Waals surface area contributed by atoms with Crippen molar-refractivity contribution in [2.24, 2.45) is 0 Å². The van der Waals surface area contributed by atoms with Gasteiger partial charge >= 0.3 is 0 Å². The summed E-state index contributed by atoms with van der Waals surface area (Å²) < 4.78 is 5.25. The maximum atomic E-state index is 11.6. The Morgan fingerprint density at radius 2 is 2.00 bits per heavy atom. The maximum Gasteiger partial charge on any atom is 0.239 e. The Bertz CT molecular complexity index is 202. The molecule has 0 aliphatic carbocycles. The second-order valence-corrected chi connectivity index (χ2v) is 3.71. The number of nitrogens with zero attached hydrogens (tertiary/aromatic N) is 2. The highest BCUT2D eigenvalue weighted by Gasteiger charge is 2.34. The number of amides is 1. The van der Waals surface area contributed by atoms with Crippen LogP contribution in [0.5, 0.6) is 0 Å². The van der Waals surface area contributed by atoms with Crippen molar-refractivity contribution in [3.8, 4) is 0 Å². The van der Waals surface area contributed by atoms with Crippen LogP contribution in [0.15, 0.2) is 0 Å². The molecule has 0 aromatic carbocycles. The van der Waals surface area contributed by atoms with Crippen LogP contribution >= 0.6 is 0 Å². The monoisotopic (exact) mass is 184 g/mol. The number of hydrogen-bond acceptors (Lipinski definition) is 3. The lowest BCUT2D eigenvalue weighted by molar-refractivity contribution is -0.132. The predicted molar refractivity (Wildman–Crippen MR) is 48.4 cm³/mol. The van der Waals surface area contributed by atoms with E-state index in [9.17, 15) is 4.79 Å². The first kappa shape index (κ1) is 8.97. The maximum absolute atomic E-state index is 11.6. The smallest absolute Gasteiger partial charge is 0.239 e. The average molecular weight is 184 g/mol. The molecule has 74 valence electrons. The van der Waals surface area contributed by atoms with E-state index in [1.165, 1.54) is 0 Å². The van der Waals surface area contributed by atoms with Crippen molar-refractivity contribution < 1.29 is 9.53 Å². The molecule has 2 aliphatic heterocycles. The molecule has 4 nitrogen and oxygen atoms in total. The highest BCUT2D eigenvalue weighted by atomic mass is 16.5. The van der Waals surface area contributed by atoms with Crippen molar-refractivity contribution in [2.45, 2.75) is 12.5 Å². The largest absolute Gasteiger partial charge is 0.379 e. The summed E-state index contributed by atoms with van der Waals surface area (Å²) in [6.45, 7) is 4.26. The number of carbonyl (C=O) groups is 1. The second kappa shape index (κ2) is 3.64. The van der Waals surface area contributed by atoms with Gasteiger partial charge in [0, 0.05) is 26.7 Å². The van der Waals surface area contributed by atoms with Crippen LogP contribution in [-0.4, -0.2) is 61.6 Å². The molecule has 2 saturated heterocycles. The SMILES string of the molecule is CN1CC[C@H](N2CCOCC2)C1=O. The molecular formula is C9H16N2O2. The number of likely N-dealkylation sites (N-methyl/N-ethyl adjacent to an activating group) is 1. The van der Waals surface area contributed by atoms with Gasteiger partial charge in [0.2, 0.25) is 5.91 Å². The van der Waals surface area contributed by atoms with Gasteiger partial charge in [-0.25, -0.2) is 0 Å². The van der Waals surface area contributed by atoms with Gasteiger partial charge in [-0.1, -0.05) is 0 Å². The third kappa shape index (κ3) is 1.69. The fraction of sp³-hybridized carbons (Fsp3) is 0.889. The van der Waals surface area contributed by atoms with Crippen molar-refractivity contribution in [3.05, 3.63) is 0 Å². The molecule has 0 aromatic heterocycles. The average Bonchev–Trinajstić information content (AvgIpc) is 2.49. The van der Waals surface area contributed by atoms with Crippen molar-refractivity contribution >= 4 is 5.91 Å². The van der Waals surface area contributed by atoms with Crippen LogP contribution in [0, 0.1) is 0 Å². The van der Waals surface area contributed by atoms with Crippen molar-refractivity contribution in [1.29, 1.82) is 0 Å².